The van der Waals surface area contributed by atoms with Gasteiger partial charge in [-0.3, -0.25) is 4.79 Å². The van der Waals surface area contributed by atoms with Crippen LogP contribution < -0.4 is 4.90 Å². The standard InChI is InChI=1S/C28H27N3O/c1-20-15-21(2)17-24(16-20)31-19-23(18-27(31)32)28-29-25-12-6-7-13-26(25)30(28)14-8-11-22-9-4-3-5-10-22/h3-13,15-17,23H,14,18-19H2,1-2H3/b11-8+. The molecule has 0 aliphatic carbocycles. The summed E-state index contributed by atoms with van der Waals surface area (Å²) in [6.45, 7) is 5.53. The van der Waals surface area contributed by atoms with Crippen LogP contribution in [-0.4, -0.2) is 22.0 Å². The molecule has 0 spiro atoms. The molecule has 2 heterocycles. The number of para-hydroxylation sites is 2. The van der Waals surface area contributed by atoms with Crippen LogP contribution in [0, 0.1) is 13.8 Å². The highest BCUT2D eigenvalue weighted by Gasteiger charge is 2.34. The summed E-state index contributed by atoms with van der Waals surface area (Å²) in [6, 6.07) is 24.9. The molecule has 4 heteroatoms. The molecular formula is C28H27N3O. The van der Waals surface area contributed by atoms with Gasteiger partial charge in [-0.05, 0) is 54.8 Å². The number of carbonyl (C=O) groups excluding carboxylic acids is 1. The van der Waals surface area contributed by atoms with Crippen molar-refractivity contribution in [3.05, 3.63) is 101 Å². The topological polar surface area (TPSA) is 38.1 Å². The van der Waals surface area contributed by atoms with E-state index in [1.165, 1.54) is 16.7 Å². The minimum atomic E-state index is 0.0702. The number of benzene rings is 3. The fraction of sp³-hybridized carbons (Fsp3) is 0.214. The lowest BCUT2D eigenvalue weighted by molar-refractivity contribution is -0.117. The van der Waals surface area contributed by atoms with E-state index in [9.17, 15) is 4.79 Å². The Morgan fingerprint density at radius 2 is 1.69 bits per heavy atom. The first-order chi connectivity index (χ1) is 15.6. The summed E-state index contributed by atoms with van der Waals surface area (Å²) in [4.78, 5) is 19.9. The quantitative estimate of drug-likeness (QED) is 0.403. The van der Waals surface area contributed by atoms with Crippen molar-refractivity contribution in [1.82, 2.24) is 9.55 Å². The maximum atomic E-state index is 13.0. The zero-order valence-electron chi connectivity index (χ0n) is 18.5. The van der Waals surface area contributed by atoms with Crippen LogP contribution >= 0.6 is 0 Å². The predicted molar refractivity (Wildman–Crippen MR) is 131 cm³/mol. The molecule has 1 aliphatic rings. The van der Waals surface area contributed by atoms with E-state index in [4.69, 9.17) is 4.98 Å². The van der Waals surface area contributed by atoms with Crippen molar-refractivity contribution in [2.45, 2.75) is 32.7 Å². The molecule has 32 heavy (non-hydrogen) atoms. The van der Waals surface area contributed by atoms with Gasteiger partial charge in [0.1, 0.15) is 5.82 Å². The lowest BCUT2D eigenvalue weighted by atomic mass is 10.1. The molecule has 3 aromatic carbocycles. The number of aryl methyl sites for hydroxylation is 2. The number of carbonyl (C=O) groups is 1. The molecule has 0 saturated carbocycles. The number of anilines is 1. The van der Waals surface area contributed by atoms with Crippen molar-refractivity contribution >= 4 is 28.7 Å². The van der Waals surface area contributed by atoms with Crippen molar-refractivity contribution in [3.8, 4) is 0 Å². The van der Waals surface area contributed by atoms with Gasteiger partial charge >= 0.3 is 0 Å². The van der Waals surface area contributed by atoms with Gasteiger partial charge in [0, 0.05) is 31.1 Å². The third kappa shape index (κ3) is 3.96. The second-order valence-electron chi connectivity index (χ2n) is 8.63. The third-order valence-corrected chi connectivity index (χ3v) is 6.09. The van der Waals surface area contributed by atoms with Crippen molar-refractivity contribution in [1.29, 1.82) is 0 Å². The van der Waals surface area contributed by atoms with Gasteiger partial charge in [0.05, 0.1) is 11.0 Å². The minimum Gasteiger partial charge on any atom is -0.324 e. The van der Waals surface area contributed by atoms with E-state index in [1.807, 2.05) is 35.2 Å². The summed E-state index contributed by atoms with van der Waals surface area (Å²) in [5.74, 6) is 1.23. The average molecular weight is 422 g/mol. The molecule has 4 aromatic rings. The van der Waals surface area contributed by atoms with Gasteiger partial charge in [0.2, 0.25) is 5.91 Å². The molecule has 4 nitrogen and oxygen atoms in total. The number of rotatable bonds is 5. The summed E-state index contributed by atoms with van der Waals surface area (Å²) in [6.07, 6.45) is 4.80. The largest absolute Gasteiger partial charge is 0.324 e. The van der Waals surface area contributed by atoms with Gasteiger partial charge in [-0.1, -0.05) is 60.7 Å². The van der Waals surface area contributed by atoms with Gasteiger partial charge in [-0.15, -0.1) is 0 Å². The lowest BCUT2D eigenvalue weighted by Crippen LogP contribution is -2.24. The maximum Gasteiger partial charge on any atom is 0.227 e. The molecule has 1 aromatic heterocycles. The Labute approximate surface area is 188 Å². The Kier molecular flexibility index (Phi) is 5.36. The Morgan fingerprint density at radius 3 is 2.47 bits per heavy atom. The van der Waals surface area contributed by atoms with Crippen LogP contribution in [0.2, 0.25) is 0 Å². The zero-order valence-corrected chi connectivity index (χ0v) is 18.5. The average Bonchev–Trinajstić information content (AvgIpc) is 3.34. The summed E-state index contributed by atoms with van der Waals surface area (Å²) in [5, 5.41) is 0. The summed E-state index contributed by atoms with van der Waals surface area (Å²) < 4.78 is 2.26. The van der Waals surface area contributed by atoms with Gasteiger partial charge in [-0.2, -0.15) is 0 Å². The molecular weight excluding hydrogens is 394 g/mol. The first kappa shape index (κ1) is 20.3. The van der Waals surface area contributed by atoms with Crippen molar-refractivity contribution in [3.63, 3.8) is 0 Å². The van der Waals surface area contributed by atoms with E-state index in [1.54, 1.807) is 0 Å². The SMILES string of the molecule is Cc1cc(C)cc(N2CC(c3nc4ccccc4n3C/C=C/c3ccccc3)CC2=O)c1. The number of nitrogens with zero attached hydrogens (tertiary/aromatic N) is 3. The van der Waals surface area contributed by atoms with Crippen LogP contribution in [0.3, 0.4) is 0 Å². The van der Waals surface area contributed by atoms with E-state index in [0.717, 1.165) is 29.1 Å². The fourth-order valence-electron chi connectivity index (χ4n) is 4.69. The van der Waals surface area contributed by atoms with Gasteiger partial charge in [0.15, 0.2) is 0 Å². The van der Waals surface area contributed by atoms with Gasteiger partial charge < -0.3 is 9.47 Å². The Balaban J connectivity index is 1.47. The smallest absolute Gasteiger partial charge is 0.227 e. The number of hydrogen-bond acceptors (Lipinski definition) is 2. The van der Waals surface area contributed by atoms with Crippen LogP contribution in [0.4, 0.5) is 5.69 Å². The summed E-state index contributed by atoms with van der Waals surface area (Å²) in [5.41, 5.74) is 6.60. The van der Waals surface area contributed by atoms with E-state index >= 15 is 0 Å². The molecule has 1 saturated heterocycles. The Bertz CT molecular complexity index is 1280. The molecule has 1 aliphatic heterocycles. The van der Waals surface area contributed by atoms with Gasteiger partial charge in [-0.25, -0.2) is 4.98 Å². The molecule has 1 amide bonds. The lowest BCUT2D eigenvalue weighted by Gasteiger charge is -2.18. The zero-order chi connectivity index (χ0) is 22.1. The van der Waals surface area contributed by atoms with Crippen LogP contribution in [-0.2, 0) is 11.3 Å². The van der Waals surface area contributed by atoms with Crippen molar-refractivity contribution < 1.29 is 4.79 Å². The van der Waals surface area contributed by atoms with E-state index in [2.05, 4.69) is 73.0 Å². The molecule has 5 rings (SSSR count). The monoisotopic (exact) mass is 421 g/mol. The van der Waals surface area contributed by atoms with Gasteiger partial charge in [0.25, 0.3) is 0 Å². The van der Waals surface area contributed by atoms with E-state index < -0.39 is 0 Å². The highest BCUT2D eigenvalue weighted by atomic mass is 16.2. The third-order valence-electron chi connectivity index (χ3n) is 6.09. The molecule has 0 radical (unpaired) electrons. The number of aromatic nitrogens is 2. The Hall–Kier alpha value is -3.66. The van der Waals surface area contributed by atoms with Crippen molar-refractivity contribution in [2.75, 3.05) is 11.4 Å². The second-order valence-corrected chi connectivity index (χ2v) is 8.63. The highest BCUT2D eigenvalue weighted by molar-refractivity contribution is 5.96. The molecule has 160 valence electrons. The second kappa shape index (κ2) is 8.46. The molecule has 1 fully saturated rings. The fourth-order valence-corrected chi connectivity index (χ4v) is 4.69. The predicted octanol–water partition coefficient (Wildman–Crippen LogP) is 5.89. The first-order valence-corrected chi connectivity index (χ1v) is 11.1. The minimum absolute atomic E-state index is 0.0702. The van der Waals surface area contributed by atoms with Crippen molar-refractivity contribution in [2.24, 2.45) is 0 Å². The molecule has 0 bridgehead atoms. The Morgan fingerprint density at radius 1 is 0.969 bits per heavy atom. The van der Waals surface area contributed by atoms with E-state index in [-0.39, 0.29) is 11.8 Å². The number of imidazole rings is 1. The summed E-state index contributed by atoms with van der Waals surface area (Å²) >= 11 is 0. The number of allylic oxidation sites excluding steroid dienone is 1. The highest BCUT2D eigenvalue weighted by Crippen LogP contribution is 2.34. The molecule has 1 unspecified atom stereocenters. The van der Waals surface area contributed by atoms with Crippen LogP contribution in [0.25, 0.3) is 17.1 Å². The number of hydrogen-bond donors (Lipinski definition) is 0. The number of amides is 1. The van der Waals surface area contributed by atoms with Crippen LogP contribution in [0.15, 0.2) is 78.9 Å². The maximum absolute atomic E-state index is 13.0. The molecule has 1 atom stereocenters. The summed E-state index contributed by atoms with van der Waals surface area (Å²) in [7, 11) is 0. The van der Waals surface area contributed by atoms with Crippen LogP contribution in [0.5, 0.6) is 0 Å². The van der Waals surface area contributed by atoms with Crippen LogP contribution in [0.1, 0.15) is 34.9 Å². The number of fused-ring (bicyclic) bond motifs is 1. The first-order valence-electron chi connectivity index (χ1n) is 11.1. The normalized spacial score (nSPS) is 16.5. The van der Waals surface area contributed by atoms with E-state index in [0.29, 0.717) is 13.0 Å². The molecule has 0 N–H and O–H groups in total.